The fourth-order valence-corrected chi connectivity index (χ4v) is 2.14. The second-order valence-electron chi connectivity index (χ2n) is 4.73. The summed E-state index contributed by atoms with van der Waals surface area (Å²) >= 11 is 0. The number of hydrogen-bond acceptors (Lipinski definition) is 4. The molecule has 2 atom stereocenters. The van der Waals surface area contributed by atoms with Crippen molar-refractivity contribution in [2.75, 3.05) is 13.9 Å². The molecule has 1 N–H and O–H groups in total. The lowest BCUT2D eigenvalue weighted by Gasteiger charge is -2.09. The Kier molecular flexibility index (Phi) is 2.59. The van der Waals surface area contributed by atoms with Gasteiger partial charge < -0.3 is 19.5 Å². The van der Waals surface area contributed by atoms with Gasteiger partial charge in [0.15, 0.2) is 11.5 Å². The molecule has 2 aliphatic rings. The monoisotopic (exact) mass is 235 g/mol. The number of hydrogen-bond donors (Lipinski definition) is 1. The van der Waals surface area contributed by atoms with Gasteiger partial charge in [-0.25, -0.2) is 0 Å². The summed E-state index contributed by atoms with van der Waals surface area (Å²) in [7, 11) is 1.65. The van der Waals surface area contributed by atoms with Crippen LogP contribution < -0.4 is 19.5 Å². The van der Waals surface area contributed by atoms with Crippen LogP contribution in [0.1, 0.15) is 18.9 Å². The zero-order valence-corrected chi connectivity index (χ0v) is 10.2. The molecule has 1 aromatic carbocycles. The predicted molar refractivity (Wildman–Crippen MR) is 63.5 cm³/mol. The highest BCUT2D eigenvalue weighted by molar-refractivity contribution is 5.55. The van der Waals surface area contributed by atoms with Gasteiger partial charge in [-0.05, 0) is 30.0 Å². The van der Waals surface area contributed by atoms with Crippen LogP contribution in [0, 0.1) is 5.92 Å². The molecule has 0 unspecified atom stereocenters. The lowest BCUT2D eigenvalue weighted by molar-refractivity contribution is 0.171. The first-order valence-corrected chi connectivity index (χ1v) is 5.98. The number of methoxy groups -OCH3 is 1. The third-order valence-corrected chi connectivity index (χ3v) is 3.40. The molecule has 0 saturated heterocycles. The quantitative estimate of drug-likeness (QED) is 0.865. The van der Waals surface area contributed by atoms with Crippen LogP contribution >= 0.6 is 0 Å². The van der Waals surface area contributed by atoms with E-state index in [1.54, 1.807) is 7.11 Å². The van der Waals surface area contributed by atoms with Gasteiger partial charge in [0.25, 0.3) is 0 Å². The Morgan fingerprint density at radius 3 is 2.94 bits per heavy atom. The summed E-state index contributed by atoms with van der Waals surface area (Å²) in [4.78, 5) is 0. The van der Waals surface area contributed by atoms with Crippen LogP contribution in [0.2, 0.25) is 0 Å². The van der Waals surface area contributed by atoms with Gasteiger partial charge in [-0.2, -0.15) is 0 Å². The largest absolute Gasteiger partial charge is 0.493 e. The first kappa shape index (κ1) is 10.7. The number of fused-ring (bicyclic) bond motifs is 1. The van der Waals surface area contributed by atoms with E-state index in [1.807, 2.05) is 12.1 Å². The minimum atomic E-state index is 0.280. The first-order valence-electron chi connectivity index (χ1n) is 5.98. The summed E-state index contributed by atoms with van der Waals surface area (Å²) in [6, 6.07) is 4.70. The molecule has 3 rings (SSSR count). The van der Waals surface area contributed by atoms with E-state index in [0.717, 1.165) is 29.7 Å². The van der Waals surface area contributed by atoms with E-state index >= 15 is 0 Å². The Labute approximate surface area is 101 Å². The highest BCUT2D eigenvalue weighted by Crippen LogP contribution is 2.42. The standard InChI is InChI=1S/C13H17NO3/c1-8-3-10(8)14-6-9-4-11(15-2)13-12(5-9)16-7-17-13/h4-5,8,10,14H,3,6-7H2,1-2H3/t8-,10-/m0/s1. The lowest BCUT2D eigenvalue weighted by atomic mass is 10.2. The SMILES string of the molecule is COc1cc(CN[C@H]2C[C@@H]2C)cc2c1OCO2. The van der Waals surface area contributed by atoms with Gasteiger partial charge in [0.1, 0.15) is 0 Å². The zero-order valence-electron chi connectivity index (χ0n) is 10.2. The van der Waals surface area contributed by atoms with E-state index in [2.05, 4.69) is 12.2 Å². The Morgan fingerprint density at radius 1 is 1.41 bits per heavy atom. The summed E-state index contributed by atoms with van der Waals surface area (Å²) < 4.78 is 16.1. The fraction of sp³-hybridized carbons (Fsp3) is 0.538. The van der Waals surface area contributed by atoms with Gasteiger partial charge in [-0.15, -0.1) is 0 Å². The highest BCUT2D eigenvalue weighted by Gasteiger charge is 2.31. The molecular weight excluding hydrogens is 218 g/mol. The van der Waals surface area contributed by atoms with E-state index < -0.39 is 0 Å². The maximum absolute atomic E-state index is 5.40. The minimum absolute atomic E-state index is 0.280. The van der Waals surface area contributed by atoms with Gasteiger partial charge >= 0.3 is 0 Å². The van der Waals surface area contributed by atoms with Crippen molar-refractivity contribution >= 4 is 0 Å². The first-order chi connectivity index (χ1) is 8.28. The molecule has 0 aromatic heterocycles. The van der Waals surface area contributed by atoms with E-state index in [-0.39, 0.29) is 6.79 Å². The number of ether oxygens (including phenoxy) is 3. The Balaban J connectivity index is 1.75. The van der Waals surface area contributed by atoms with E-state index in [0.29, 0.717) is 6.04 Å². The minimum Gasteiger partial charge on any atom is -0.493 e. The van der Waals surface area contributed by atoms with Crippen molar-refractivity contribution in [3.8, 4) is 17.2 Å². The van der Waals surface area contributed by atoms with Crippen LogP contribution in [-0.2, 0) is 6.54 Å². The molecule has 1 aliphatic heterocycles. The molecule has 0 radical (unpaired) electrons. The van der Waals surface area contributed by atoms with Crippen molar-refractivity contribution in [1.29, 1.82) is 0 Å². The summed E-state index contributed by atoms with van der Waals surface area (Å²) in [5.74, 6) is 3.06. The maximum Gasteiger partial charge on any atom is 0.231 e. The average molecular weight is 235 g/mol. The van der Waals surface area contributed by atoms with Crippen LogP contribution in [0.4, 0.5) is 0 Å². The molecule has 1 heterocycles. The van der Waals surface area contributed by atoms with E-state index in [9.17, 15) is 0 Å². The van der Waals surface area contributed by atoms with Gasteiger partial charge in [0.05, 0.1) is 7.11 Å². The molecule has 1 aliphatic carbocycles. The van der Waals surface area contributed by atoms with Gasteiger partial charge in [-0.1, -0.05) is 6.92 Å². The normalized spacial score (nSPS) is 24.8. The summed E-state index contributed by atoms with van der Waals surface area (Å²) in [6.45, 7) is 3.39. The Hall–Kier alpha value is -1.42. The fourth-order valence-electron chi connectivity index (χ4n) is 2.14. The van der Waals surface area contributed by atoms with Crippen molar-refractivity contribution in [2.45, 2.75) is 25.9 Å². The van der Waals surface area contributed by atoms with Gasteiger partial charge in [0.2, 0.25) is 12.5 Å². The van der Waals surface area contributed by atoms with Gasteiger partial charge in [-0.3, -0.25) is 0 Å². The molecule has 1 fully saturated rings. The van der Waals surface area contributed by atoms with Crippen molar-refractivity contribution in [2.24, 2.45) is 5.92 Å². The summed E-state index contributed by atoms with van der Waals surface area (Å²) in [6.07, 6.45) is 1.28. The van der Waals surface area contributed by atoms with Crippen molar-refractivity contribution < 1.29 is 14.2 Å². The predicted octanol–water partition coefficient (Wildman–Crippen LogP) is 1.92. The highest BCUT2D eigenvalue weighted by atomic mass is 16.7. The third-order valence-electron chi connectivity index (χ3n) is 3.40. The molecule has 4 nitrogen and oxygen atoms in total. The number of nitrogens with one attached hydrogen (secondary N) is 1. The van der Waals surface area contributed by atoms with Crippen LogP contribution in [0.5, 0.6) is 17.2 Å². The van der Waals surface area contributed by atoms with Crippen molar-refractivity contribution in [1.82, 2.24) is 5.32 Å². The molecule has 0 spiro atoms. The summed E-state index contributed by atoms with van der Waals surface area (Å²) in [5.41, 5.74) is 1.17. The molecule has 17 heavy (non-hydrogen) atoms. The van der Waals surface area contributed by atoms with Crippen LogP contribution in [0.3, 0.4) is 0 Å². The maximum atomic E-state index is 5.40. The van der Waals surface area contributed by atoms with E-state index in [4.69, 9.17) is 14.2 Å². The van der Waals surface area contributed by atoms with Crippen LogP contribution in [0.25, 0.3) is 0 Å². The topological polar surface area (TPSA) is 39.7 Å². The Bertz CT molecular complexity index is 433. The van der Waals surface area contributed by atoms with Crippen LogP contribution in [0.15, 0.2) is 12.1 Å². The van der Waals surface area contributed by atoms with Crippen LogP contribution in [-0.4, -0.2) is 19.9 Å². The zero-order chi connectivity index (χ0) is 11.8. The smallest absolute Gasteiger partial charge is 0.231 e. The molecule has 0 amide bonds. The van der Waals surface area contributed by atoms with Crippen molar-refractivity contribution in [3.05, 3.63) is 17.7 Å². The average Bonchev–Trinajstić information content (AvgIpc) is 2.85. The van der Waals surface area contributed by atoms with Crippen molar-refractivity contribution in [3.63, 3.8) is 0 Å². The third kappa shape index (κ3) is 2.05. The molecule has 1 saturated carbocycles. The second-order valence-corrected chi connectivity index (χ2v) is 4.73. The van der Waals surface area contributed by atoms with Gasteiger partial charge in [0, 0.05) is 12.6 Å². The lowest BCUT2D eigenvalue weighted by Crippen LogP contribution is -2.17. The summed E-state index contributed by atoms with van der Waals surface area (Å²) in [5, 5.41) is 3.51. The number of rotatable bonds is 4. The molecule has 4 heteroatoms. The second kappa shape index (κ2) is 4.11. The number of benzene rings is 1. The molecule has 1 aromatic rings. The Morgan fingerprint density at radius 2 is 2.24 bits per heavy atom. The molecule has 0 bridgehead atoms. The van der Waals surface area contributed by atoms with E-state index in [1.165, 1.54) is 12.0 Å². The molecule has 92 valence electrons. The molecular formula is C13H17NO3.